The molecule has 0 bridgehead atoms. The van der Waals surface area contributed by atoms with Crippen LogP contribution in [-0.4, -0.2) is 52.1 Å². The lowest BCUT2D eigenvalue weighted by molar-refractivity contribution is 0.0316. The lowest BCUT2D eigenvalue weighted by Crippen LogP contribution is -2.43. The summed E-state index contributed by atoms with van der Waals surface area (Å²) >= 11 is 0. The van der Waals surface area contributed by atoms with Crippen LogP contribution in [0.4, 0.5) is 0 Å². The Morgan fingerprint density at radius 3 is 1.97 bits per heavy atom. The van der Waals surface area contributed by atoms with Crippen molar-refractivity contribution in [1.82, 2.24) is 4.90 Å². The largest absolute Gasteiger partial charge is 0.493 e. The smallest absolute Gasteiger partial charge is 0.203 e. The Hall–Kier alpha value is -2.64. The van der Waals surface area contributed by atoms with Gasteiger partial charge in [0.1, 0.15) is 0 Å². The van der Waals surface area contributed by atoms with Crippen molar-refractivity contribution < 1.29 is 28.8 Å². The molecule has 7 heteroatoms. The second kappa shape index (κ2) is 7.89. The molecular weight excluding hydrogens is 386 g/mol. The highest BCUT2D eigenvalue weighted by atomic mass is 16.5. The number of hydrogen-bond donors (Lipinski definition) is 1. The molecule has 0 radical (unpaired) electrons. The summed E-state index contributed by atoms with van der Waals surface area (Å²) in [5.74, 6) is 3.21. The van der Waals surface area contributed by atoms with Crippen LogP contribution in [0.1, 0.15) is 47.4 Å². The molecule has 162 valence electrons. The van der Waals surface area contributed by atoms with Crippen molar-refractivity contribution >= 4 is 0 Å². The molecule has 0 saturated carbocycles. The first-order valence-corrected chi connectivity index (χ1v) is 10.00. The number of nitrogens with zero attached hydrogens (tertiary/aromatic N) is 1. The molecule has 0 unspecified atom stereocenters. The average molecular weight is 415 g/mol. The summed E-state index contributed by atoms with van der Waals surface area (Å²) in [7, 11) is 8.13. The van der Waals surface area contributed by atoms with Gasteiger partial charge in [0.2, 0.25) is 5.75 Å². The van der Waals surface area contributed by atoms with Crippen LogP contribution in [0.2, 0.25) is 0 Å². The van der Waals surface area contributed by atoms with Crippen molar-refractivity contribution in [2.75, 3.05) is 42.1 Å². The molecule has 0 saturated heterocycles. The van der Waals surface area contributed by atoms with Crippen molar-refractivity contribution in [2.24, 2.45) is 0 Å². The van der Waals surface area contributed by atoms with Crippen molar-refractivity contribution in [3.63, 3.8) is 0 Å². The van der Waals surface area contributed by atoms with Crippen LogP contribution in [0.15, 0.2) is 18.2 Å². The normalized spacial score (nSPS) is 22.4. The lowest BCUT2D eigenvalue weighted by Gasteiger charge is -2.47. The molecule has 1 N–H and O–H groups in total. The van der Waals surface area contributed by atoms with Gasteiger partial charge in [-0.05, 0) is 48.2 Å². The zero-order valence-corrected chi connectivity index (χ0v) is 18.3. The van der Waals surface area contributed by atoms with Crippen LogP contribution in [-0.2, 0) is 6.42 Å². The number of aliphatic hydroxyl groups excluding tert-OH is 1. The third-order valence-corrected chi connectivity index (χ3v) is 6.37. The highest BCUT2D eigenvalue weighted by molar-refractivity contribution is 5.62. The van der Waals surface area contributed by atoms with Crippen LogP contribution in [0, 0.1) is 0 Å². The SMILES string of the molecule is COc1cc2c(cc1OC)[C@@H]1Cc3cc(OC)c(OC)c(OC)c3[C@@H](C)N1C[C@H]2O. The van der Waals surface area contributed by atoms with E-state index in [1.807, 2.05) is 18.2 Å². The number of benzene rings is 2. The van der Waals surface area contributed by atoms with Crippen LogP contribution in [0.3, 0.4) is 0 Å². The Labute approximate surface area is 177 Å². The maximum absolute atomic E-state index is 10.9. The zero-order chi connectivity index (χ0) is 21.6. The van der Waals surface area contributed by atoms with Crippen molar-refractivity contribution in [3.8, 4) is 28.7 Å². The number of methoxy groups -OCH3 is 5. The van der Waals surface area contributed by atoms with Gasteiger partial charge in [-0.2, -0.15) is 0 Å². The Morgan fingerprint density at radius 1 is 0.800 bits per heavy atom. The Kier molecular flexibility index (Phi) is 5.42. The Morgan fingerprint density at radius 2 is 1.40 bits per heavy atom. The topological polar surface area (TPSA) is 69.6 Å². The quantitative estimate of drug-likeness (QED) is 0.802. The van der Waals surface area contributed by atoms with Gasteiger partial charge >= 0.3 is 0 Å². The molecule has 0 spiro atoms. The predicted octanol–water partition coefficient (Wildman–Crippen LogP) is 3.44. The third kappa shape index (κ3) is 2.96. The minimum Gasteiger partial charge on any atom is -0.493 e. The summed E-state index contributed by atoms with van der Waals surface area (Å²) in [6.45, 7) is 2.66. The first-order valence-electron chi connectivity index (χ1n) is 10.00. The fraction of sp³-hybridized carbons (Fsp3) is 0.478. The minimum atomic E-state index is -0.619. The lowest BCUT2D eigenvalue weighted by atomic mass is 9.79. The van der Waals surface area contributed by atoms with E-state index in [1.165, 1.54) is 0 Å². The monoisotopic (exact) mass is 415 g/mol. The van der Waals surface area contributed by atoms with E-state index in [9.17, 15) is 5.11 Å². The highest BCUT2D eigenvalue weighted by Crippen LogP contribution is 2.53. The van der Waals surface area contributed by atoms with Gasteiger partial charge in [-0.3, -0.25) is 4.90 Å². The Balaban J connectivity index is 1.89. The maximum Gasteiger partial charge on any atom is 0.203 e. The summed E-state index contributed by atoms with van der Waals surface area (Å²) in [5.41, 5.74) is 4.16. The van der Waals surface area contributed by atoms with Gasteiger partial charge in [0.05, 0.1) is 41.7 Å². The molecule has 2 aromatic rings. The minimum absolute atomic E-state index is 0.0180. The van der Waals surface area contributed by atoms with E-state index in [2.05, 4.69) is 11.8 Å². The predicted molar refractivity (Wildman–Crippen MR) is 112 cm³/mol. The number of aliphatic hydroxyl groups is 1. The first-order chi connectivity index (χ1) is 14.5. The van der Waals surface area contributed by atoms with Gasteiger partial charge in [-0.25, -0.2) is 0 Å². The van der Waals surface area contributed by atoms with E-state index in [-0.39, 0.29) is 12.1 Å². The molecule has 2 aliphatic rings. The molecule has 4 rings (SSSR count). The molecule has 30 heavy (non-hydrogen) atoms. The van der Waals surface area contributed by atoms with E-state index >= 15 is 0 Å². The van der Waals surface area contributed by atoms with Gasteiger partial charge in [-0.1, -0.05) is 0 Å². The highest BCUT2D eigenvalue weighted by Gasteiger charge is 2.42. The molecular formula is C23H29NO6. The second-order valence-electron chi connectivity index (χ2n) is 7.66. The fourth-order valence-electron chi connectivity index (χ4n) is 4.98. The molecule has 7 nitrogen and oxygen atoms in total. The molecule has 0 aliphatic carbocycles. The van der Waals surface area contributed by atoms with Gasteiger partial charge in [0, 0.05) is 24.2 Å². The number of ether oxygens (including phenoxy) is 5. The molecule has 3 atom stereocenters. The third-order valence-electron chi connectivity index (χ3n) is 6.37. The second-order valence-corrected chi connectivity index (χ2v) is 7.66. The maximum atomic E-state index is 10.9. The van der Waals surface area contributed by atoms with Crippen molar-refractivity contribution in [2.45, 2.75) is 31.5 Å². The van der Waals surface area contributed by atoms with Crippen LogP contribution in [0.5, 0.6) is 28.7 Å². The summed E-state index contributed by atoms with van der Waals surface area (Å²) in [4.78, 5) is 2.32. The summed E-state index contributed by atoms with van der Waals surface area (Å²) in [5, 5.41) is 10.9. The van der Waals surface area contributed by atoms with Crippen LogP contribution >= 0.6 is 0 Å². The van der Waals surface area contributed by atoms with Gasteiger partial charge < -0.3 is 28.8 Å². The number of fused-ring (bicyclic) bond motifs is 4. The molecule has 2 heterocycles. The van der Waals surface area contributed by atoms with E-state index in [4.69, 9.17) is 23.7 Å². The average Bonchev–Trinajstić information content (AvgIpc) is 2.77. The van der Waals surface area contributed by atoms with Gasteiger partial charge in [0.15, 0.2) is 23.0 Å². The molecule has 0 amide bonds. The summed E-state index contributed by atoms with van der Waals surface area (Å²) < 4.78 is 27.9. The summed E-state index contributed by atoms with van der Waals surface area (Å²) in [6, 6.07) is 6.03. The number of hydrogen-bond acceptors (Lipinski definition) is 7. The van der Waals surface area contributed by atoms with Gasteiger partial charge in [0.25, 0.3) is 0 Å². The van der Waals surface area contributed by atoms with Crippen LogP contribution < -0.4 is 23.7 Å². The molecule has 2 aromatic carbocycles. The standard InChI is InChI=1S/C23H29NO6/c1-12-21-13(8-20(28-4)22(29-5)23(21)30-6)7-16-14-9-18(26-2)19(27-3)10-15(14)17(25)11-24(12)16/h8-10,12,16-17,25H,7,11H2,1-6H3/t12-,16+,17-/m1/s1. The summed E-state index contributed by atoms with van der Waals surface area (Å²) in [6.07, 6.45) is 0.136. The first kappa shape index (κ1) is 20.6. The van der Waals surface area contributed by atoms with Crippen LogP contribution in [0.25, 0.3) is 0 Å². The fourth-order valence-corrected chi connectivity index (χ4v) is 4.98. The van der Waals surface area contributed by atoms with Crippen molar-refractivity contribution in [3.05, 3.63) is 40.5 Å². The number of rotatable bonds is 5. The van der Waals surface area contributed by atoms with Gasteiger partial charge in [-0.15, -0.1) is 0 Å². The molecule has 2 aliphatic heterocycles. The molecule has 0 fully saturated rings. The van der Waals surface area contributed by atoms with E-state index < -0.39 is 6.10 Å². The van der Waals surface area contributed by atoms with Crippen molar-refractivity contribution in [1.29, 1.82) is 0 Å². The Bertz CT molecular complexity index is 959. The van der Waals surface area contributed by atoms with E-state index in [0.717, 1.165) is 28.7 Å². The van der Waals surface area contributed by atoms with E-state index in [1.54, 1.807) is 35.5 Å². The van der Waals surface area contributed by atoms with E-state index in [0.29, 0.717) is 35.3 Å². The molecule has 0 aromatic heterocycles. The zero-order valence-electron chi connectivity index (χ0n) is 18.3.